The van der Waals surface area contributed by atoms with Gasteiger partial charge in [-0.3, -0.25) is 4.79 Å². The van der Waals surface area contributed by atoms with Gasteiger partial charge in [-0.15, -0.1) is 0 Å². The summed E-state index contributed by atoms with van der Waals surface area (Å²) in [6.07, 6.45) is 3.39. The van der Waals surface area contributed by atoms with E-state index in [9.17, 15) is 9.59 Å². The van der Waals surface area contributed by atoms with Crippen LogP contribution in [0.5, 0.6) is 5.75 Å². The molecular weight excluding hydrogens is 372 g/mol. The van der Waals surface area contributed by atoms with Crippen LogP contribution in [0, 0.1) is 6.92 Å². The Kier molecular flexibility index (Phi) is 5.53. The SMILES string of the molecule is Cc1ccc(C(=O)Oc2ccc(C(=O)/C=C/c3cccc4ccccc34)cc2)cc1. The molecule has 0 spiro atoms. The number of rotatable bonds is 5. The minimum atomic E-state index is -0.426. The molecular formula is C27H20O3. The highest BCUT2D eigenvalue weighted by atomic mass is 16.5. The van der Waals surface area contributed by atoms with Crippen LogP contribution in [0.4, 0.5) is 0 Å². The maximum Gasteiger partial charge on any atom is 0.343 e. The van der Waals surface area contributed by atoms with Crippen molar-refractivity contribution < 1.29 is 14.3 Å². The molecule has 0 saturated carbocycles. The van der Waals surface area contributed by atoms with Crippen LogP contribution in [0.2, 0.25) is 0 Å². The van der Waals surface area contributed by atoms with Gasteiger partial charge < -0.3 is 4.74 Å². The van der Waals surface area contributed by atoms with Crippen molar-refractivity contribution in [3.05, 3.63) is 119 Å². The maximum absolute atomic E-state index is 12.5. The molecule has 3 heteroatoms. The lowest BCUT2D eigenvalue weighted by Gasteiger charge is -2.05. The number of ether oxygens (including phenoxy) is 1. The molecule has 146 valence electrons. The third-order valence-electron chi connectivity index (χ3n) is 4.87. The van der Waals surface area contributed by atoms with Gasteiger partial charge in [0.15, 0.2) is 5.78 Å². The van der Waals surface area contributed by atoms with E-state index in [0.717, 1.165) is 21.9 Å². The van der Waals surface area contributed by atoms with E-state index in [2.05, 4.69) is 0 Å². The van der Waals surface area contributed by atoms with Crippen molar-refractivity contribution >= 4 is 28.6 Å². The zero-order valence-electron chi connectivity index (χ0n) is 16.5. The van der Waals surface area contributed by atoms with Crippen LogP contribution in [0.25, 0.3) is 16.8 Å². The van der Waals surface area contributed by atoms with Crippen molar-refractivity contribution in [1.29, 1.82) is 0 Å². The normalized spacial score (nSPS) is 11.0. The lowest BCUT2D eigenvalue weighted by Crippen LogP contribution is -2.08. The molecule has 0 aliphatic heterocycles. The van der Waals surface area contributed by atoms with Crippen LogP contribution < -0.4 is 4.74 Å². The molecule has 0 aromatic heterocycles. The third-order valence-corrected chi connectivity index (χ3v) is 4.87. The zero-order chi connectivity index (χ0) is 20.9. The highest BCUT2D eigenvalue weighted by Crippen LogP contribution is 2.20. The van der Waals surface area contributed by atoms with Crippen LogP contribution in [-0.2, 0) is 0 Å². The summed E-state index contributed by atoms with van der Waals surface area (Å²) in [4.78, 5) is 24.8. The highest BCUT2D eigenvalue weighted by Gasteiger charge is 2.09. The summed E-state index contributed by atoms with van der Waals surface area (Å²) < 4.78 is 5.38. The Bertz CT molecular complexity index is 1230. The Hall–Kier alpha value is -3.98. The number of carbonyl (C=O) groups is 2. The van der Waals surface area contributed by atoms with E-state index in [4.69, 9.17) is 4.74 Å². The van der Waals surface area contributed by atoms with Crippen molar-refractivity contribution in [3.8, 4) is 5.75 Å². The highest BCUT2D eigenvalue weighted by molar-refractivity contribution is 6.08. The van der Waals surface area contributed by atoms with E-state index in [1.165, 1.54) is 0 Å². The summed E-state index contributed by atoms with van der Waals surface area (Å²) in [6, 6.07) is 27.8. The number of esters is 1. The molecule has 0 saturated heterocycles. The average molecular weight is 392 g/mol. The molecule has 0 fully saturated rings. The number of ketones is 1. The maximum atomic E-state index is 12.5. The molecule has 0 bridgehead atoms. The molecule has 0 N–H and O–H groups in total. The Morgan fingerprint density at radius 3 is 2.17 bits per heavy atom. The molecule has 0 amide bonds. The molecule has 4 rings (SSSR count). The van der Waals surface area contributed by atoms with Crippen molar-refractivity contribution in [1.82, 2.24) is 0 Å². The summed E-state index contributed by atoms with van der Waals surface area (Å²) in [7, 11) is 0. The molecule has 4 aromatic carbocycles. The molecule has 0 atom stereocenters. The van der Waals surface area contributed by atoms with E-state index in [-0.39, 0.29) is 5.78 Å². The van der Waals surface area contributed by atoms with E-state index < -0.39 is 5.97 Å². The fourth-order valence-electron chi connectivity index (χ4n) is 3.20. The van der Waals surface area contributed by atoms with E-state index in [1.54, 1.807) is 42.5 Å². The molecule has 0 unspecified atom stereocenters. The first-order valence-corrected chi connectivity index (χ1v) is 9.69. The number of hydrogen-bond donors (Lipinski definition) is 0. The van der Waals surface area contributed by atoms with Crippen molar-refractivity contribution in [2.24, 2.45) is 0 Å². The van der Waals surface area contributed by atoms with Crippen LogP contribution in [-0.4, -0.2) is 11.8 Å². The Morgan fingerprint density at radius 1 is 0.733 bits per heavy atom. The fourth-order valence-corrected chi connectivity index (χ4v) is 3.20. The number of hydrogen-bond acceptors (Lipinski definition) is 3. The Morgan fingerprint density at radius 2 is 1.40 bits per heavy atom. The van der Waals surface area contributed by atoms with Crippen LogP contribution >= 0.6 is 0 Å². The average Bonchev–Trinajstić information content (AvgIpc) is 2.78. The van der Waals surface area contributed by atoms with Gasteiger partial charge in [-0.2, -0.15) is 0 Å². The number of allylic oxidation sites excluding steroid dienone is 1. The zero-order valence-corrected chi connectivity index (χ0v) is 16.5. The number of aryl methyl sites for hydroxylation is 1. The molecule has 30 heavy (non-hydrogen) atoms. The quantitative estimate of drug-likeness (QED) is 0.174. The smallest absolute Gasteiger partial charge is 0.343 e. The Balaban J connectivity index is 1.45. The van der Waals surface area contributed by atoms with Gasteiger partial charge in [-0.1, -0.05) is 66.2 Å². The molecule has 0 radical (unpaired) electrons. The topological polar surface area (TPSA) is 43.4 Å². The molecule has 0 aliphatic rings. The molecule has 4 aromatic rings. The minimum absolute atomic E-state index is 0.112. The lowest BCUT2D eigenvalue weighted by molar-refractivity contribution is 0.0734. The standard InChI is InChI=1S/C27H20O3/c1-19-9-11-23(12-10-19)27(29)30-24-16-13-22(14-17-24)26(28)18-15-21-7-4-6-20-5-2-3-8-25(20)21/h2-18H,1H3/b18-15+. The van der Waals surface area contributed by atoms with Crippen molar-refractivity contribution in [3.63, 3.8) is 0 Å². The first-order valence-electron chi connectivity index (χ1n) is 9.69. The third kappa shape index (κ3) is 4.36. The number of carbonyl (C=O) groups excluding carboxylic acids is 2. The van der Waals surface area contributed by atoms with Gasteiger partial charge in [0.2, 0.25) is 0 Å². The summed E-state index contributed by atoms with van der Waals surface area (Å²) in [5.74, 6) is -0.139. The summed E-state index contributed by atoms with van der Waals surface area (Å²) >= 11 is 0. The summed E-state index contributed by atoms with van der Waals surface area (Å²) in [5, 5.41) is 2.23. The second kappa shape index (κ2) is 8.58. The van der Waals surface area contributed by atoms with Crippen molar-refractivity contribution in [2.75, 3.05) is 0 Å². The minimum Gasteiger partial charge on any atom is -0.423 e. The second-order valence-corrected chi connectivity index (χ2v) is 7.05. The molecule has 0 aliphatic carbocycles. The van der Waals surface area contributed by atoms with Gasteiger partial charge >= 0.3 is 5.97 Å². The van der Waals surface area contributed by atoms with Crippen molar-refractivity contribution in [2.45, 2.75) is 6.92 Å². The van der Waals surface area contributed by atoms with Gasteiger partial charge in [0.1, 0.15) is 5.75 Å². The number of fused-ring (bicyclic) bond motifs is 1. The van der Waals surface area contributed by atoms with Gasteiger partial charge in [0.25, 0.3) is 0 Å². The predicted molar refractivity (Wildman–Crippen MR) is 120 cm³/mol. The monoisotopic (exact) mass is 392 g/mol. The Labute approximate surface area is 175 Å². The fraction of sp³-hybridized carbons (Fsp3) is 0.0370. The van der Waals surface area contributed by atoms with E-state index in [0.29, 0.717) is 16.9 Å². The predicted octanol–water partition coefficient (Wildman–Crippen LogP) is 6.26. The second-order valence-electron chi connectivity index (χ2n) is 7.05. The first-order chi connectivity index (χ1) is 14.6. The summed E-state index contributed by atoms with van der Waals surface area (Å²) in [6.45, 7) is 1.96. The van der Waals surface area contributed by atoms with E-state index >= 15 is 0 Å². The lowest BCUT2D eigenvalue weighted by atomic mass is 10.0. The van der Waals surface area contributed by atoms with Crippen LogP contribution in [0.15, 0.2) is 97.1 Å². The first kappa shape index (κ1) is 19.3. The van der Waals surface area contributed by atoms with Gasteiger partial charge in [0.05, 0.1) is 5.56 Å². The van der Waals surface area contributed by atoms with Gasteiger partial charge in [0, 0.05) is 5.56 Å². The van der Waals surface area contributed by atoms with Crippen LogP contribution in [0.3, 0.4) is 0 Å². The largest absolute Gasteiger partial charge is 0.423 e. The van der Waals surface area contributed by atoms with Gasteiger partial charge in [-0.25, -0.2) is 4.79 Å². The van der Waals surface area contributed by atoms with Gasteiger partial charge in [-0.05, 0) is 65.7 Å². The van der Waals surface area contributed by atoms with E-state index in [1.807, 2.05) is 67.6 Å². The molecule has 0 heterocycles. The number of benzene rings is 4. The van der Waals surface area contributed by atoms with Crippen LogP contribution in [0.1, 0.15) is 31.8 Å². The summed E-state index contributed by atoms with van der Waals surface area (Å²) in [5.41, 5.74) is 3.08. The molecule has 3 nitrogen and oxygen atoms in total.